The normalized spacial score (nSPS) is 12.4. The van der Waals surface area contributed by atoms with Crippen molar-refractivity contribution in [3.63, 3.8) is 0 Å². The van der Waals surface area contributed by atoms with Crippen molar-refractivity contribution in [3.05, 3.63) is 33.6 Å². The fourth-order valence-electron chi connectivity index (χ4n) is 1.65. The van der Waals surface area contributed by atoms with Gasteiger partial charge in [0, 0.05) is 24.2 Å². The molecule has 94 valence electrons. The Morgan fingerprint density at radius 2 is 2.29 bits per heavy atom. The number of aryl methyl sites for hydroxylation is 1. The van der Waals surface area contributed by atoms with Crippen LogP contribution in [0.15, 0.2) is 12.3 Å². The standard InChI is InChI=1S/C12H19N3O2/c1-4-5-13-10(3)7-12-9(2)6-11(8-14-12)15(16)17/h6,8,10,13H,4-5,7H2,1-3H3. The van der Waals surface area contributed by atoms with Crippen molar-refractivity contribution >= 4 is 5.69 Å². The molecule has 0 aliphatic heterocycles. The summed E-state index contributed by atoms with van der Waals surface area (Å²) in [7, 11) is 0. The first-order valence-electron chi connectivity index (χ1n) is 5.88. The molecule has 0 aliphatic rings. The first-order chi connectivity index (χ1) is 8.04. The Labute approximate surface area is 101 Å². The van der Waals surface area contributed by atoms with Crippen LogP contribution in [0.1, 0.15) is 31.5 Å². The summed E-state index contributed by atoms with van der Waals surface area (Å²) in [5.74, 6) is 0. The zero-order valence-electron chi connectivity index (χ0n) is 10.6. The SMILES string of the molecule is CCCNC(C)Cc1ncc([N+](=O)[O-])cc1C. The molecule has 0 aliphatic carbocycles. The van der Waals surface area contributed by atoms with Gasteiger partial charge in [-0.05, 0) is 32.4 Å². The van der Waals surface area contributed by atoms with Gasteiger partial charge in [-0.2, -0.15) is 0 Å². The van der Waals surface area contributed by atoms with Crippen LogP contribution < -0.4 is 5.32 Å². The van der Waals surface area contributed by atoms with E-state index in [0.29, 0.717) is 6.04 Å². The van der Waals surface area contributed by atoms with E-state index < -0.39 is 4.92 Å². The molecule has 1 heterocycles. The molecule has 0 saturated heterocycles. The van der Waals surface area contributed by atoms with Gasteiger partial charge >= 0.3 is 0 Å². The zero-order chi connectivity index (χ0) is 12.8. The van der Waals surface area contributed by atoms with Crippen molar-refractivity contribution in [3.8, 4) is 0 Å². The number of nitrogens with zero attached hydrogens (tertiary/aromatic N) is 2. The Morgan fingerprint density at radius 1 is 1.59 bits per heavy atom. The first kappa shape index (κ1) is 13.6. The predicted octanol–water partition coefficient (Wildman–Crippen LogP) is 2.23. The van der Waals surface area contributed by atoms with Crippen molar-refractivity contribution in [1.29, 1.82) is 0 Å². The number of nitro groups is 1. The van der Waals surface area contributed by atoms with Crippen LogP contribution in [-0.4, -0.2) is 22.5 Å². The molecule has 1 unspecified atom stereocenters. The van der Waals surface area contributed by atoms with Crippen molar-refractivity contribution < 1.29 is 4.92 Å². The Kier molecular flexibility index (Phi) is 5.03. The summed E-state index contributed by atoms with van der Waals surface area (Å²) in [5.41, 5.74) is 1.86. The highest BCUT2D eigenvalue weighted by Gasteiger charge is 2.11. The van der Waals surface area contributed by atoms with Gasteiger partial charge in [-0.25, -0.2) is 0 Å². The summed E-state index contributed by atoms with van der Waals surface area (Å²) in [6, 6.07) is 1.91. The molecule has 1 N–H and O–H groups in total. The van der Waals surface area contributed by atoms with Crippen molar-refractivity contribution in [1.82, 2.24) is 10.3 Å². The van der Waals surface area contributed by atoms with Gasteiger partial charge in [-0.15, -0.1) is 0 Å². The van der Waals surface area contributed by atoms with Gasteiger partial charge in [0.15, 0.2) is 0 Å². The van der Waals surface area contributed by atoms with Gasteiger partial charge in [-0.3, -0.25) is 15.1 Å². The topological polar surface area (TPSA) is 68.1 Å². The second-order valence-electron chi connectivity index (χ2n) is 4.27. The third-order valence-electron chi connectivity index (χ3n) is 2.63. The summed E-state index contributed by atoms with van der Waals surface area (Å²) < 4.78 is 0. The fourth-order valence-corrected chi connectivity index (χ4v) is 1.65. The average Bonchev–Trinajstić information content (AvgIpc) is 2.28. The van der Waals surface area contributed by atoms with E-state index in [0.717, 1.165) is 30.6 Å². The molecule has 5 nitrogen and oxygen atoms in total. The third kappa shape index (κ3) is 4.11. The minimum absolute atomic E-state index is 0.0559. The molecule has 0 bridgehead atoms. The molecule has 0 spiro atoms. The summed E-state index contributed by atoms with van der Waals surface area (Å²) in [5, 5.41) is 14.0. The van der Waals surface area contributed by atoms with Crippen LogP contribution >= 0.6 is 0 Å². The second kappa shape index (κ2) is 6.30. The van der Waals surface area contributed by atoms with Gasteiger partial charge < -0.3 is 5.32 Å². The van der Waals surface area contributed by atoms with E-state index in [-0.39, 0.29) is 5.69 Å². The van der Waals surface area contributed by atoms with Crippen LogP contribution in [0.4, 0.5) is 5.69 Å². The average molecular weight is 237 g/mol. The fraction of sp³-hybridized carbons (Fsp3) is 0.583. The number of hydrogen-bond acceptors (Lipinski definition) is 4. The highest BCUT2D eigenvalue weighted by atomic mass is 16.6. The maximum absolute atomic E-state index is 10.6. The maximum Gasteiger partial charge on any atom is 0.287 e. The highest BCUT2D eigenvalue weighted by molar-refractivity contribution is 5.33. The van der Waals surface area contributed by atoms with E-state index in [1.54, 1.807) is 6.07 Å². The Balaban J connectivity index is 2.69. The molecule has 0 radical (unpaired) electrons. The summed E-state index contributed by atoms with van der Waals surface area (Å²) in [6.07, 6.45) is 3.22. The largest absolute Gasteiger partial charge is 0.314 e. The molecule has 0 saturated carbocycles. The lowest BCUT2D eigenvalue weighted by atomic mass is 10.1. The molecule has 5 heteroatoms. The molecule has 1 aromatic heterocycles. The molecule has 1 aromatic rings. The van der Waals surface area contributed by atoms with Crippen LogP contribution in [0.2, 0.25) is 0 Å². The van der Waals surface area contributed by atoms with Crippen LogP contribution in [-0.2, 0) is 6.42 Å². The summed E-state index contributed by atoms with van der Waals surface area (Å²) in [6.45, 7) is 7.06. The minimum atomic E-state index is -0.414. The smallest absolute Gasteiger partial charge is 0.287 e. The molecular formula is C12H19N3O2. The van der Waals surface area contributed by atoms with Gasteiger partial charge in [0.1, 0.15) is 6.20 Å². The van der Waals surface area contributed by atoms with E-state index in [4.69, 9.17) is 0 Å². The maximum atomic E-state index is 10.6. The van der Waals surface area contributed by atoms with Gasteiger partial charge in [0.2, 0.25) is 0 Å². The lowest BCUT2D eigenvalue weighted by molar-refractivity contribution is -0.385. The lowest BCUT2D eigenvalue weighted by Gasteiger charge is -2.13. The van der Waals surface area contributed by atoms with E-state index in [9.17, 15) is 10.1 Å². The molecule has 1 atom stereocenters. The quantitative estimate of drug-likeness (QED) is 0.608. The molecule has 0 aromatic carbocycles. The number of aromatic nitrogens is 1. The van der Waals surface area contributed by atoms with Crippen LogP contribution in [0, 0.1) is 17.0 Å². The van der Waals surface area contributed by atoms with Gasteiger partial charge in [0.25, 0.3) is 5.69 Å². The highest BCUT2D eigenvalue weighted by Crippen LogP contribution is 2.15. The van der Waals surface area contributed by atoms with Crippen molar-refractivity contribution in [2.45, 2.75) is 39.7 Å². The molecule has 17 heavy (non-hydrogen) atoms. The van der Waals surface area contributed by atoms with E-state index in [1.807, 2.05) is 6.92 Å². The molecular weight excluding hydrogens is 218 g/mol. The Morgan fingerprint density at radius 3 is 2.82 bits per heavy atom. The molecule has 1 rings (SSSR count). The van der Waals surface area contributed by atoms with Crippen molar-refractivity contribution in [2.24, 2.45) is 0 Å². The predicted molar refractivity (Wildman–Crippen MR) is 67.1 cm³/mol. The first-order valence-corrected chi connectivity index (χ1v) is 5.88. The monoisotopic (exact) mass is 237 g/mol. The van der Waals surface area contributed by atoms with E-state index >= 15 is 0 Å². The van der Waals surface area contributed by atoms with E-state index in [1.165, 1.54) is 6.20 Å². The second-order valence-corrected chi connectivity index (χ2v) is 4.27. The summed E-state index contributed by atoms with van der Waals surface area (Å²) in [4.78, 5) is 14.3. The van der Waals surface area contributed by atoms with Crippen molar-refractivity contribution in [2.75, 3.05) is 6.54 Å². The Bertz CT molecular complexity index is 393. The van der Waals surface area contributed by atoms with Crippen LogP contribution in [0.3, 0.4) is 0 Å². The number of nitrogens with one attached hydrogen (secondary N) is 1. The van der Waals surface area contributed by atoms with Crippen LogP contribution in [0.5, 0.6) is 0 Å². The number of hydrogen-bond donors (Lipinski definition) is 1. The molecule has 0 fully saturated rings. The van der Waals surface area contributed by atoms with E-state index in [2.05, 4.69) is 24.1 Å². The third-order valence-corrected chi connectivity index (χ3v) is 2.63. The van der Waals surface area contributed by atoms with Gasteiger partial charge in [-0.1, -0.05) is 6.92 Å². The summed E-state index contributed by atoms with van der Waals surface area (Å²) >= 11 is 0. The zero-order valence-corrected chi connectivity index (χ0v) is 10.6. The van der Waals surface area contributed by atoms with Crippen LogP contribution in [0.25, 0.3) is 0 Å². The Hall–Kier alpha value is -1.49. The lowest BCUT2D eigenvalue weighted by Crippen LogP contribution is -2.29. The molecule has 0 amide bonds. The number of rotatable bonds is 6. The number of pyridine rings is 1. The minimum Gasteiger partial charge on any atom is -0.314 e. The van der Waals surface area contributed by atoms with Gasteiger partial charge in [0.05, 0.1) is 4.92 Å².